The molecule has 8 nitrogen and oxygen atoms in total. The molecule has 3 rings (SSSR count). The first-order chi connectivity index (χ1) is 13.3. The Kier molecular flexibility index (Phi) is 5.60. The highest BCUT2D eigenvalue weighted by molar-refractivity contribution is 6.34. The molecule has 1 saturated heterocycles. The minimum Gasteiger partial charge on any atom is -0.466 e. The van der Waals surface area contributed by atoms with Gasteiger partial charge in [0.15, 0.2) is 11.6 Å². The van der Waals surface area contributed by atoms with E-state index in [0.717, 1.165) is 6.07 Å². The van der Waals surface area contributed by atoms with Crippen LogP contribution in [0.15, 0.2) is 42.6 Å². The summed E-state index contributed by atoms with van der Waals surface area (Å²) in [6.07, 6.45) is 6.00. The zero-order chi connectivity index (χ0) is 20.4. The number of rotatable bonds is 6. The highest BCUT2D eigenvalue weighted by Gasteiger charge is 2.47. The van der Waals surface area contributed by atoms with Gasteiger partial charge in [-0.2, -0.15) is 0 Å². The van der Waals surface area contributed by atoms with Crippen molar-refractivity contribution in [2.75, 3.05) is 6.61 Å². The molecule has 9 heteroatoms. The van der Waals surface area contributed by atoms with Crippen LogP contribution in [0.1, 0.15) is 23.7 Å². The van der Waals surface area contributed by atoms with Crippen LogP contribution in [-0.4, -0.2) is 46.0 Å². The number of carbonyl (C=O) groups is 3. The number of nitrogens with zero attached hydrogens (tertiary/aromatic N) is 2. The topological polar surface area (TPSA) is 107 Å². The normalized spacial score (nSPS) is 23.3. The van der Waals surface area contributed by atoms with Crippen molar-refractivity contribution in [3.63, 3.8) is 0 Å². The summed E-state index contributed by atoms with van der Waals surface area (Å²) in [7, 11) is 0. The van der Waals surface area contributed by atoms with Gasteiger partial charge in [-0.1, -0.05) is 17.7 Å². The molecule has 3 unspecified atom stereocenters. The number of allylic oxidation sites excluding steroid dienone is 1. The second kappa shape index (κ2) is 7.93. The standard InChI is InChI=1S/C19H17ClN2O6/c1-2-28-19(25)13-10-16-18(24)6-5-15(13)21(16)8-7-17(23)12-9-11(22(26)27)3-4-14(12)20/h3-9,13,15-16H,2,10H2,1H3/b8-7+. The number of carbonyl (C=O) groups excluding carboxylic acids is 3. The third kappa shape index (κ3) is 3.68. The van der Waals surface area contributed by atoms with Gasteiger partial charge in [-0.25, -0.2) is 0 Å². The minimum absolute atomic E-state index is 0.0136. The molecule has 1 aromatic carbocycles. The van der Waals surface area contributed by atoms with E-state index in [9.17, 15) is 24.5 Å². The Balaban J connectivity index is 1.84. The lowest BCUT2D eigenvalue weighted by atomic mass is 10.0. The monoisotopic (exact) mass is 404 g/mol. The fraction of sp³-hybridized carbons (Fsp3) is 0.316. The maximum Gasteiger partial charge on any atom is 0.311 e. The second-order valence-electron chi connectivity index (χ2n) is 6.41. The van der Waals surface area contributed by atoms with Crippen molar-refractivity contribution in [3.8, 4) is 0 Å². The van der Waals surface area contributed by atoms with Crippen LogP contribution in [0.25, 0.3) is 0 Å². The molecule has 0 saturated carbocycles. The van der Waals surface area contributed by atoms with Gasteiger partial charge in [0.2, 0.25) is 0 Å². The van der Waals surface area contributed by atoms with E-state index in [1.165, 1.54) is 30.5 Å². The lowest BCUT2D eigenvalue weighted by Gasteiger charge is -2.29. The van der Waals surface area contributed by atoms with Crippen molar-refractivity contribution >= 4 is 34.8 Å². The van der Waals surface area contributed by atoms with Gasteiger partial charge in [-0.05, 0) is 25.5 Å². The molecule has 3 atom stereocenters. The average Bonchev–Trinajstić information content (AvgIpc) is 2.93. The first-order valence-corrected chi connectivity index (χ1v) is 9.04. The van der Waals surface area contributed by atoms with Crippen LogP contribution in [0, 0.1) is 16.0 Å². The van der Waals surface area contributed by atoms with Crippen LogP contribution in [0.5, 0.6) is 0 Å². The van der Waals surface area contributed by atoms with E-state index in [2.05, 4.69) is 0 Å². The number of ketones is 2. The molecule has 0 radical (unpaired) electrons. The summed E-state index contributed by atoms with van der Waals surface area (Å²) >= 11 is 5.99. The number of halogens is 1. The van der Waals surface area contributed by atoms with Crippen LogP contribution in [0.4, 0.5) is 5.69 Å². The number of fused-ring (bicyclic) bond motifs is 2. The maximum absolute atomic E-state index is 12.5. The molecular weight excluding hydrogens is 388 g/mol. The van der Waals surface area contributed by atoms with Gasteiger partial charge in [0.25, 0.3) is 5.69 Å². The Morgan fingerprint density at radius 1 is 1.43 bits per heavy atom. The third-order valence-corrected chi connectivity index (χ3v) is 5.12. The Morgan fingerprint density at radius 3 is 2.86 bits per heavy atom. The molecule has 146 valence electrons. The fourth-order valence-electron chi connectivity index (χ4n) is 3.47. The fourth-order valence-corrected chi connectivity index (χ4v) is 3.68. The SMILES string of the molecule is CCOC(=O)C1CC2C(=O)C=CC1N2/C=C/C(=O)c1cc([N+](=O)[O-])ccc1Cl. The van der Waals surface area contributed by atoms with Crippen LogP contribution in [0.2, 0.25) is 5.02 Å². The van der Waals surface area contributed by atoms with Crippen LogP contribution in [0.3, 0.4) is 0 Å². The van der Waals surface area contributed by atoms with E-state index < -0.39 is 28.7 Å². The number of nitro benzene ring substituents is 1. The first-order valence-electron chi connectivity index (χ1n) is 8.66. The molecule has 28 heavy (non-hydrogen) atoms. The van der Waals surface area contributed by atoms with Crippen molar-refractivity contribution in [1.29, 1.82) is 0 Å². The summed E-state index contributed by atoms with van der Waals surface area (Å²) in [5.74, 6) is -1.59. The van der Waals surface area contributed by atoms with Gasteiger partial charge < -0.3 is 9.64 Å². The summed E-state index contributed by atoms with van der Waals surface area (Å²) in [6, 6.07) is 2.64. The quantitative estimate of drug-likeness (QED) is 0.236. The summed E-state index contributed by atoms with van der Waals surface area (Å²) in [5, 5.41) is 11.0. The maximum atomic E-state index is 12.5. The van der Waals surface area contributed by atoms with Crippen molar-refractivity contribution in [1.82, 2.24) is 4.90 Å². The molecule has 1 fully saturated rings. The Labute approximate surface area is 165 Å². The number of hydrogen-bond donors (Lipinski definition) is 0. The van der Waals surface area contributed by atoms with Crippen molar-refractivity contribution in [2.24, 2.45) is 5.92 Å². The van der Waals surface area contributed by atoms with Crippen molar-refractivity contribution < 1.29 is 24.0 Å². The van der Waals surface area contributed by atoms with Gasteiger partial charge in [-0.15, -0.1) is 0 Å². The Morgan fingerprint density at radius 2 is 2.18 bits per heavy atom. The van der Waals surface area contributed by atoms with Crippen molar-refractivity contribution in [3.05, 3.63) is 63.3 Å². The molecule has 0 amide bonds. The number of non-ortho nitro benzene ring substituents is 1. The number of nitro groups is 1. The zero-order valence-corrected chi connectivity index (χ0v) is 15.7. The number of ether oxygens (including phenoxy) is 1. The lowest BCUT2D eigenvalue weighted by Crippen LogP contribution is -2.40. The van der Waals surface area contributed by atoms with E-state index in [0.29, 0.717) is 6.42 Å². The van der Waals surface area contributed by atoms with Gasteiger partial charge >= 0.3 is 5.97 Å². The zero-order valence-electron chi connectivity index (χ0n) is 14.9. The molecule has 0 aliphatic carbocycles. The second-order valence-corrected chi connectivity index (χ2v) is 6.82. The third-order valence-electron chi connectivity index (χ3n) is 4.79. The Bertz CT molecular complexity index is 910. The van der Waals surface area contributed by atoms with Gasteiger partial charge in [-0.3, -0.25) is 24.5 Å². The number of esters is 1. The predicted octanol–water partition coefficient (Wildman–Crippen LogP) is 2.71. The van der Waals surface area contributed by atoms with E-state index in [1.54, 1.807) is 17.9 Å². The van der Waals surface area contributed by atoms with E-state index >= 15 is 0 Å². The van der Waals surface area contributed by atoms with E-state index in [4.69, 9.17) is 16.3 Å². The smallest absolute Gasteiger partial charge is 0.311 e. The highest BCUT2D eigenvalue weighted by Crippen LogP contribution is 2.36. The van der Waals surface area contributed by atoms with Crippen LogP contribution in [-0.2, 0) is 14.3 Å². The molecular formula is C19H17ClN2O6. The van der Waals surface area contributed by atoms with E-state index in [1.807, 2.05) is 0 Å². The number of hydrogen-bond acceptors (Lipinski definition) is 7. The molecule has 2 bridgehead atoms. The summed E-state index contributed by atoms with van der Waals surface area (Å²) in [6.45, 7) is 1.95. The molecule has 1 aromatic rings. The highest BCUT2D eigenvalue weighted by atomic mass is 35.5. The molecule has 2 aliphatic rings. The average molecular weight is 405 g/mol. The van der Waals surface area contributed by atoms with Crippen molar-refractivity contribution in [2.45, 2.75) is 25.4 Å². The lowest BCUT2D eigenvalue weighted by molar-refractivity contribution is -0.384. The molecule has 0 aromatic heterocycles. The van der Waals surface area contributed by atoms with Gasteiger partial charge in [0.1, 0.15) is 0 Å². The summed E-state index contributed by atoms with van der Waals surface area (Å²) < 4.78 is 5.08. The summed E-state index contributed by atoms with van der Waals surface area (Å²) in [4.78, 5) is 48.8. The number of benzene rings is 1. The predicted molar refractivity (Wildman–Crippen MR) is 99.9 cm³/mol. The molecule has 0 N–H and O–H groups in total. The molecule has 2 heterocycles. The molecule has 2 aliphatic heterocycles. The van der Waals surface area contributed by atoms with E-state index in [-0.39, 0.29) is 34.6 Å². The molecule has 0 spiro atoms. The Hall–Kier alpha value is -3.00. The van der Waals surface area contributed by atoms with Crippen LogP contribution < -0.4 is 0 Å². The van der Waals surface area contributed by atoms with Gasteiger partial charge in [0.05, 0.1) is 34.6 Å². The van der Waals surface area contributed by atoms with Crippen LogP contribution >= 0.6 is 11.6 Å². The summed E-state index contributed by atoms with van der Waals surface area (Å²) in [5.41, 5.74) is -0.264. The largest absolute Gasteiger partial charge is 0.466 e. The van der Waals surface area contributed by atoms with Gasteiger partial charge in [0, 0.05) is 30.0 Å². The minimum atomic E-state index is -0.616. The first kappa shape index (κ1) is 19.8.